The number of para-hydroxylation sites is 2. The predicted octanol–water partition coefficient (Wildman–Crippen LogP) is 5.45. The lowest BCUT2D eigenvalue weighted by Crippen LogP contribution is -2.36. The molecule has 4 aromatic rings. The Hall–Kier alpha value is -3.15. The van der Waals surface area contributed by atoms with Crippen molar-refractivity contribution in [2.24, 2.45) is 0 Å². The third-order valence-electron chi connectivity index (χ3n) is 7.27. The molecular weight excluding hydrogens is 420 g/mol. The fraction of sp³-hybridized carbons (Fsp3) is 0.345. The van der Waals surface area contributed by atoms with Crippen molar-refractivity contribution in [3.8, 4) is 11.4 Å². The molecule has 1 N–H and O–H groups in total. The Morgan fingerprint density at radius 1 is 0.882 bits per heavy atom. The molecule has 1 atom stereocenters. The number of likely N-dealkylation sites (tertiary alicyclic amines) is 1. The summed E-state index contributed by atoms with van der Waals surface area (Å²) in [6.07, 6.45) is 2.51. The van der Waals surface area contributed by atoms with E-state index in [0.717, 1.165) is 61.8 Å². The molecule has 0 saturated carbocycles. The van der Waals surface area contributed by atoms with E-state index in [4.69, 9.17) is 9.72 Å². The first-order chi connectivity index (χ1) is 16.8. The molecule has 5 nitrogen and oxygen atoms in total. The highest BCUT2D eigenvalue weighted by atomic mass is 16.5. The van der Waals surface area contributed by atoms with Gasteiger partial charge in [-0.3, -0.25) is 4.90 Å². The number of ether oxygens (including phenoxy) is 1. The monoisotopic (exact) mass is 452 g/mol. The standard InChI is InChI=1S/C29H32N4O/c1-2-6-28-27(5-1)30-29(31-28)24-11-9-23(10-12-24)25-4-3-15-32(21-25)20-22-7-13-26(14-8-22)33-16-18-34-19-17-33/h1-2,5-14,25H,3-4,15-21H2,(H,30,31). The number of benzene rings is 3. The molecule has 2 aliphatic heterocycles. The van der Waals surface area contributed by atoms with Crippen LogP contribution in [-0.4, -0.2) is 54.3 Å². The zero-order valence-electron chi connectivity index (χ0n) is 19.6. The molecule has 0 amide bonds. The van der Waals surface area contributed by atoms with Gasteiger partial charge in [-0.05, 0) is 60.7 Å². The van der Waals surface area contributed by atoms with E-state index in [-0.39, 0.29) is 0 Å². The van der Waals surface area contributed by atoms with Gasteiger partial charge < -0.3 is 14.6 Å². The largest absolute Gasteiger partial charge is 0.378 e. The van der Waals surface area contributed by atoms with E-state index in [9.17, 15) is 0 Å². The highest BCUT2D eigenvalue weighted by molar-refractivity contribution is 5.79. The lowest BCUT2D eigenvalue weighted by Gasteiger charge is -2.33. The Kier molecular flexibility index (Phi) is 6.04. The van der Waals surface area contributed by atoms with Crippen LogP contribution in [0.25, 0.3) is 22.4 Å². The molecule has 6 rings (SSSR count). The lowest BCUT2D eigenvalue weighted by atomic mass is 9.90. The number of hydrogen-bond acceptors (Lipinski definition) is 4. The minimum absolute atomic E-state index is 0.589. The summed E-state index contributed by atoms with van der Waals surface area (Å²) in [5.41, 5.74) is 7.40. The SMILES string of the molecule is c1ccc2[nH]c(-c3ccc(C4CCCN(Cc5ccc(N6CCOCC6)cc5)C4)cc3)nc2c1. The van der Waals surface area contributed by atoms with E-state index in [1.54, 1.807) is 0 Å². The van der Waals surface area contributed by atoms with Gasteiger partial charge in [-0.25, -0.2) is 4.98 Å². The Labute approximate surface area is 201 Å². The maximum atomic E-state index is 5.48. The molecule has 2 aliphatic rings. The smallest absolute Gasteiger partial charge is 0.138 e. The number of piperidine rings is 1. The number of hydrogen-bond donors (Lipinski definition) is 1. The van der Waals surface area contributed by atoms with Crippen LogP contribution in [0.2, 0.25) is 0 Å². The third kappa shape index (κ3) is 4.59. The number of aromatic amines is 1. The fourth-order valence-corrected chi connectivity index (χ4v) is 5.37. The van der Waals surface area contributed by atoms with Crippen LogP contribution in [0.15, 0.2) is 72.8 Å². The van der Waals surface area contributed by atoms with Crippen molar-refractivity contribution in [1.29, 1.82) is 0 Å². The number of anilines is 1. The second-order valence-corrected chi connectivity index (χ2v) is 9.56. The Morgan fingerprint density at radius 2 is 1.68 bits per heavy atom. The van der Waals surface area contributed by atoms with Crippen molar-refractivity contribution < 1.29 is 4.74 Å². The number of fused-ring (bicyclic) bond motifs is 1. The number of H-pyrrole nitrogens is 1. The molecule has 2 fully saturated rings. The van der Waals surface area contributed by atoms with Gasteiger partial charge in [-0.2, -0.15) is 0 Å². The third-order valence-corrected chi connectivity index (χ3v) is 7.27. The Bertz CT molecular complexity index is 1190. The van der Waals surface area contributed by atoms with E-state index < -0.39 is 0 Å². The van der Waals surface area contributed by atoms with Crippen LogP contribution in [-0.2, 0) is 11.3 Å². The predicted molar refractivity (Wildman–Crippen MR) is 138 cm³/mol. The summed E-state index contributed by atoms with van der Waals surface area (Å²) in [7, 11) is 0. The number of nitrogens with zero attached hydrogens (tertiary/aromatic N) is 3. The van der Waals surface area contributed by atoms with Crippen LogP contribution < -0.4 is 4.90 Å². The lowest BCUT2D eigenvalue weighted by molar-refractivity contribution is 0.122. The number of nitrogens with one attached hydrogen (secondary N) is 1. The van der Waals surface area contributed by atoms with Crippen LogP contribution in [0.4, 0.5) is 5.69 Å². The van der Waals surface area contributed by atoms with Crippen molar-refractivity contribution in [3.05, 3.63) is 83.9 Å². The van der Waals surface area contributed by atoms with Gasteiger partial charge >= 0.3 is 0 Å². The van der Waals surface area contributed by atoms with Crippen molar-refractivity contribution >= 4 is 16.7 Å². The summed E-state index contributed by atoms with van der Waals surface area (Å²) < 4.78 is 5.48. The number of aromatic nitrogens is 2. The van der Waals surface area contributed by atoms with Gasteiger partial charge in [0.15, 0.2) is 0 Å². The molecule has 1 unspecified atom stereocenters. The zero-order valence-corrected chi connectivity index (χ0v) is 19.6. The van der Waals surface area contributed by atoms with Crippen LogP contribution in [0.3, 0.4) is 0 Å². The molecule has 174 valence electrons. The highest BCUT2D eigenvalue weighted by Gasteiger charge is 2.22. The van der Waals surface area contributed by atoms with Crippen molar-refractivity contribution in [2.45, 2.75) is 25.3 Å². The van der Waals surface area contributed by atoms with Gasteiger partial charge in [0.05, 0.1) is 24.2 Å². The number of morpholine rings is 1. The Balaban J connectivity index is 1.10. The first-order valence-corrected chi connectivity index (χ1v) is 12.5. The van der Waals surface area contributed by atoms with Gasteiger partial charge in [0.2, 0.25) is 0 Å². The topological polar surface area (TPSA) is 44.4 Å². The number of imidazole rings is 1. The highest BCUT2D eigenvalue weighted by Crippen LogP contribution is 2.30. The molecule has 5 heteroatoms. The van der Waals surface area contributed by atoms with Gasteiger partial charge in [-0.1, -0.05) is 48.5 Å². The summed E-state index contributed by atoms with van der Waals surface area (Å²) in [6, 6.07) is 26.4. The van der Waals surface area contributed by atoms with Crippen LogP contribution in [0.5, 0.6) is 0 Å². The first-order valence-electron chi connectivity index (χ1n) is 12.5. The van der Waals surface area contributed by atoms with E-state index in [2.05, 4.69) is 75.4 Å². The molecule has 3 aromatic carbocycles. The molecule has 0 bridgehead atoms. The van der Waals surface area contributed by atoms with E-state index in [1.165, 1.54) is 36.2 Å². The number of rotatable bonds is 5. The Morgan fingerprint density at radius 3 is 2.47 bits per heavy atom. The van der Waals surface area contributed by atoms with Crippen LogP contribution in [0.1, 0.15) is 29.9 Å². The minimum Gasteiger partial charge on any atom is -0.378 e. The van der Waals surface area contributed by atoms with Gasteiger partial charge in [0, 0.05) is 37.4 Å². The molecule has 34 heavy (non-hydrogen) atoms. The normalized spacial score (nSPS) is 19.5. The van der Waals surface area contributed by atoms with E-state index in [0.29, 0.717) is 5.92 Å². The molecule has 1 aromatic heterocycles. The maximum Gasteiger partial charge on any atom is 0.138 e. The van der Waals surface area contributed by atoms with E-state index in [1.807, 2.05) is 12.1 Å². The fourth-order valence-electron chi connectivity index (χ4n) is 5.37. The quantitative estimate of drug-likeness (QED) is 0.438. The van der Waals surface area contributed by atoms with Crippen LogP contribution >= 0.6 is 0 Å². The summed E-state index contributed by atoms with van der Waals surface area (Å²) in [6.45, 7) is 6.96. The summed E-state index contributed by atoms with van der Waals surface area (Å²) >= 11 is 0. The summed E-state index contributed by atoms with van der Waals surface area (Å²) in [5.74, 6) is 1.53. The van der Waals surface area contributed by atoms with Gasteiger partial charge in [0.25, 0.3) is 0 Å². The maximum absolute atomic E-state index is 5.48. The minimum atomic E-state index is 0.589. The van der Waals surface area contributed by atoms with Crippen molar-refractivity contribution in [2.75, 3.05) is 44.3 Å². The average Bonchev–Trinajstić information content (AvgIpc) is 3.34. The molecule has 2 saturated heterocycles. The zero-order chi connectivity index (χ0) is 22.7. The summed E-state index contributed by atoms with van der Waals surface area (Å²) in [4.78, 5) is 13.2. The van der Waals surface area contributed by atoms with Crippen molar-refractivity contribution in [3.63, 3.8) is 0 Å². The van der Waals surface area contributed by atoms with E-state index >= 15 is 0 Å². The molecular formula is C29H32N4O. The molecule has 0 spiro atoms. The second kappa shape index (κ2) is 9.61. The molecule has 3 heterocycles. The molecule has 0 aliphatic carbocycles. The van der Waals surface area contributed by atoms with Crippen molar-refractivity contribution in [1.82, 2.24) is 14.9 Å². The second-order valence-electron chi connectivity index (χ2n) is 9.56. The van der Waals surface area contributed by atoms with Gasteiger partial charge in [-0.15, -0.1) is 0 Å². The van der Waals surface area contributed by atoms with Crippen LogP contribution in [0, 0.1) is 0 Å². The first kappa shape index (κ1) is 21.4. The summed E-state index contributed by atoms with van der Waals surface area (Å²) in [5, 5.41) is 0. The molecule has 0 radical (unpaired) electrons. The average molecular weight is 453 g/mol. The van der Waals surface area contributed by atoms with Gasteiger partial charge in [0.1, 0.15) is 5.82 Å².